The molecule has 1 aliphatic rings. The summed E-state index contributed by atoms with van der Waals surface area (Å²) in [5.41, 5.74) is -1.84. The molecular weight excluding hydrogens is 544 g/mol. The second kappa shape index (κ2) is 11.7. The molecule has 0 unspecified atom stereocenters. The topological polar surface area (TPSA) is 100 Å². The number of piperidine rings is 1. The van der Waals surface area contributed by atoms with E-state index in [2.05, 4.69) is 15.4 Å². The third-order valence-electron chi connectivity index (χ3n) is 6.40. The van der Waals surface area contributed by atoms with E-state index in [1.807, 2.05) is 0 Å². The first-order valence-electron chi connectivity index (χ1n) is 12.3. The molecule has 3 aromatic rings. The Hall–Kier alpha value is -3.94. The van der Waals surface area contributed by atoms with Gasteiger partial charge in [-0.15, -0.1) is 0 Å². The molecule has 8 nitrogen and oxygen atoms in total. The van der Waals surface area contributed by atoms with Crippen LogP contribution in [0.3, 0.4) is 0 Å². The number of carbonyl (C=O) groups is 2. The Morgan fingerprint density at radius 1 is 1.15 bits per heavy atom. The van der Waals surface area contributed by atoms with Crippen molar-refractivity contribution in [2.45, 2.75) is 43.8 Å². The van der Waals surface area contributed by atoms with Crippen LogP contribution in [0.2, 0.25) is 0 Å². The average Bonchev–Trinajstić information content (AvgIpc) is 3.32. The van der Waals surface area contributed by atoms with Crippen molar-refractivity contribution in [2.75, 3.05) is 19.6 Å². The van der Waals surface area contributed by atoms with E-state index in [4.69, 9.17) is 0 Å². The van der Waals surface area contributed by atoms with E-state index in [0.29, 0.717) is 6.54 Å². The molecule has 2 N–H and O–H groups in total. The minimum Gasteiger partial charge on any atom is -0.481 e. The number of rotatable bonds is 9. The Morgan fingerprint density at radius 3 is 2.55 bits per heavy atom. The average molecular weight is 570 g/mol. The first kappa shape index (κ1) is 29.1. The van der Waals surface area contributed by atoms with Gasteiger partial charge in [0.25, 0.3) is 11.8 Å². The number of hydrogen-bond donors (Lipinski definition) is 2. The predicted octanol–water partition coefficient (Wildman–Crippen LogP) is 4.79. The zero-order valence-corrected chi connectivity index (χ0v) is 21.0. The molecule has 0 bridgehead atoms. The number of pyridine rings is 1. The zero-order valence-electron chi connectivity index (χ0n) is 21.0. The molecule has 1 amide bonds. The van der Waals surface area contributed by atoms with Gasteiger partial charge in [0.2, 0.25) is 0 Å². The molecule has 0 saturated carbocycles. The van der Waals surface area contributed by atoms with Crippen LogP contribution in [0.4, 0.5) is 26.3 Å². The van der Waals surface area contributed by atoms with E-state index in [-0.39, 0.29) is 48.6 Å². The molecule has 1 saturated heterocycles. The number of amides is 1. The van der Waals surface area contributed by atoms with Crippen molar-refractivity contribution >= 4 is 11.9 Å². The Morgan fingerprint density at radius 2 is 1.90 bits per heavy atom. The molecular formula is C26H25F6N5O3. The predicted molar refractivity (Wildman–Crippen MR) is 130 cm³/mol. The summed E-state index contributed by atoms with van der Waals surface area (Å²) in [6.45, 7) is 0.0319. The normalized spacial score (nSPS) is 16.4. The number of carboxylic acids is 1. The van der Waals surface area contributed by atoms with Crippen molar-refractivity contribution in [1.82, 2.24) is 25.0 Å². The van der Waals surface area contributed by atoms with Gasteiger partial charge in [-0.1, -0.05) is 18.2 Å². The smallest absolute Gasteiger partial charge is 0.417 e. The second-order valence-corrected chi connectivity index (χ2v) is 9.50. The second-order valence-electron chi connectivity index (χ2n) is 9.50. The summed E-state index contributed by atoms with van der Waals surface area (Å²) in [5, 5.41) is 15.9. The van der Waals surface area contributed by atoms with Gasteiger partial charge in [-0.25, -0.2) is 22.8 Å². The number of nitrogens with one attached hydrogen (secondary N) is 1. The molecule has 14 heteroatoms. The number of carbonyl (C=O) groups excluding carboxylic acids is 1. The minimum atomic E-state index is -4.75. The van der Waals surface area contributed by atoms with Crippen LogP contribution in [-0.2, 0) is 11.0 Å². The van der Waals surface area contributed by atoms with Gasteiger partial charge < -0.3 is 10.4 Å². The van der Waals surface area contributed by atoms with Gasteiger partial charge in [0.1, 0.15) is 5.82 Å². The molecule has 1 atom stereocenters. The van der Waals surface area contributed by atoms with E-state index < -0.39 is 54.4 Å². The molecule has 1 aliphatic heterocycles. The molecule has 1 aromatic carbocycles. The van der Waals surface area contributed by atoms with E-state index in [0.717, 1.165) is 29.1 Å². The van der Waals surface area contributed by atoms with Crippen LogP contribution in [0.25, 0.3) is 17.1 Å². The Balaban J connectivity index is 1.63. The standard InChI is InChI=1S/C26H25F6N5O3/c27-16-6-7-22(33-14-16)37-21(18-4-1-2-5-19(18)26(30,31)32)13-20(35-37)24(40)34-17(12-23(38)39)8-11-36-10-3-9-25(28,29)15-36/h1-2,4-7,13-14,17H,3,8-12,15H2,(H,34,40)(H,38,39)/t17-/m0/s1. The SMILES string of the molecule is O=C(O)C[C@H](CCN1CCCC(F)(F)C1)NC(=O)c1cc(-c2ccccc2C(F)(F)F)n(-c2ccc(F)cn2)n1. The summed E-state index contributed by atoms with van der Waals surface area (Å²) in [6.07, 6.45) is -4.34. The summed E-state index contributed by atoms with van der Waals surface area (Å²) < 4.78 is 83.3. The van der Waals surface area contributed by atoms with Gasteiger partial charge in [-0.05, 0) is 43.7 Å². The van der Waals surface area contributed by atoms with Gasteiger partial charge in [-0.2, -0.15) is 18.3 Å². The maximum absolute atomic E-state index is 13.8. The van der Waals surface area contributed by atoms with Gasteiger partial charge in [0.15, 0.2) is 11.5 Å². The van der Waals surface area contributed by atoms with Crippen LogP contribution in [0.15, 0.2) is 48.7 Å². The fourth-order valence-corrected chi connectivity index (χ4v) is 4.58. The van der Waals surface area contributed by atoms with Gasteiger partial charge in [0.05, 0.1) is 30.4 Å². The van der Waals surface area contributed by atoms with Crippen LogP contribution in [0.5, 0.6) is 0 Å². The summed E-state index contributed by atoms with van der Waals surface area (Å²) in [4.78, 5) is 29.9. The number of aliphatic carboxylic acids is 1. The highest BCUT2D eigenvalue weighted by atomic mass is 19.4. The highest BCUT2D eigenvalue weighted by Crippen LogP contribution is 2.37. The first-order chi connectivity index (χ1) is 18.8. The molecule has 40 heavy (non-hydrogen) atoms. The lowest BCUT2D eigenvalue weighted by molar-refractivity contribution is -0.138. The monoisotopic (exact) mass is 569 g/mol. The van der Waals surface area contributed by atoms with Crippen molar-refractivity contribution in [2.24, 2.45) is 0 Å². The third-order valence-corrected chi connectivity index (χ3v) is 6.40. The van der Waals surface area contributed by atoms with Crippen molar-refractivity contribution < 1.29 is 41.0 Å². The Labute approximate surface area is 224 Å². The Bertz CT molecular complexity index is 1360. The highest BCUT2D eigenvalue weighted by molar-refractivity contribution is 5.94. The first-order valence-corrected chi connectivity index (χ1v) is 12.3. The van der Waals surface area contributed by atoms with Crippen molar-refractivity contribution in [3.63, 3.8) is 0 Å². The number of hydrogen-bond acceptors (Lipinski definition) is 5. The number of benzene rings is 1. The lowest BCUT2D eigenvalue weighted by atomic mass is 10.0. The lowest BCUT2D eigenvalue weighted by Gasteiger charge is -2.33. The number of halogens is 6. The van der Waals surface area contributed by atoms with Crippen molar-refractivity contribution in [3.05, 3.63) is 65.7 Å². The molecule has 2 aromatic heterocycles. The van der Waals surface area contributed by atoms with Crippen LogP contribution in [0, 0.1) is 5.82 Å². The molecule has 0 spiro atoms. The number of likely N-dealkylation sites (tertiary alicyclic amines) is 1. The van der Waals surface area contributed by atoms with E-state index in [9.17, 15) is 41.0 Å². The summed E-state index contributed by atoms with van der Waals surface area (Å²) in [5.74, 6) is -5.75. The zero-order chi connectivity index (χ0) is 29.1. The van der Waals surface area contributed by atoms with E-state index >= 15 is 0 Å². The molecule has 214 valence electrons. The minimum absolute atomic E-state index is 0.0398. The summed E-state index contributed by atoms with van der Waals surface area (Å²) in [7, 11) is 0. The fourth-order valence-electron chi connectivity index (χ4n) is 4.58. The maximum atomic E-state index is 13.8. The van der Waals surface area contributed by atoms with Gasteiger partial charge in [-0.3, -0.25) is 14.5 Å². The van der Waals surface area contributed by atoms with Crippen molar-refractivity contribution in [3.8, 4) is 17.1 Å². The maximum Gasteiger partial charge on any atom is 0.417 e. The molecule has 0 aliphatic carbocycles. The van der Waals surface area contributed by atoms with Crippen molar-refractivity contribution in [1.29, 1.82) is 0 Å². The van der Waals surface area contributed by atoms with E-state index in [1.54, 1.807) is 0 Å². The van der Waals surface area contributed by atoms with Crippen LogP contribution < -0.4 is 5.32 Å². The molecule has 4 rings (SSSR count). The quantitative estimate of drug-likeness (QED) is 0.360. The number of alkyl halides is 5. The molecule has 3 heterocycles. The number of aromatic nitrogens is 3. The van der Waals surface area contributed by atoms with Crippen LogP contribution in [0.1, 0.15) is 41.7 Å². The number of carboxylic acid groups (broad SMARTS) is 1. The fraction of sp³-hybridized carbons (Fsp3) is 0.385. The van der Waals surface area contributed by atoms with Gasteiger partial charge >= 0.3 is 12.1 Å². The summed E-state index contributed by atoms with van der Waals surface area (Å²) >= 11 is 0. The number of nitrogens with zero attached hydrogens (tertiary/aromatic N) is 4. The van der Waals surface area contributed by atoms with Gasteiger partial charge in [0, 0.05) is 24.6 Å². The van der Waals surface area contributed by atoms with Crippen LogP contribution >= 0.6 is 0 Å². The van der Waals surface area contributed by atoms with E-state index in [1.165, 1.54) is 29.2 Å². The summed E-state index contributed by atoms with van der Waals surface area (Å²) in [6, 6.07) is 6.93. The molecule has 1 fully saturated rings. The molecule has 0 radical (unpaired) electrons. The largest absolute Gasteiger partial charge is 0.481 e. The highest BCUT2D eigenvalue weighted by Gasteiger charge is 2.36. The van der Waals surface area contributed by atoms with Crippen LogP contribution in [-0.4, -0.2) is 68.2 Å². The lowest BCUT2D eigenvalue weighted by Crippen LogP contribution is -2.45. The Kier molecular flexibility index (Phi) is 8.47. The third kappa shape index (κ3) is 7.17.